The van der Waals surface area contributed by atoms with Crippen LogP contribution < -0.4 is 10.6 Å². The Bertz CT molecular complexity index is 670. The van der Waals surface area contributed by atoms with Crippen molar-refractivity contribution in [1.82, 2.24) is 20.6 Å². The maximum absolute atomic E-state index is 5.75. The highest BCUT2D eigenvalue weighted by atomic mass is 16.4. The van der Waals surface area contributed by atoms with Gasteiger partial charge in [0.15, 0.2) is 5.96 Å². The summed E-state index contributed by atoms with van der Waals surface area (Å²) in [7, 11) is 1.73. The van der Waals surface area contributed by atoms with Crippen LogP contribution in [0.25, 0.3) is 0 Å². The number of aromatic nitrogens is 2. The van der Waals surface area contributed by atoms with Gasteiger partial charge in [-0.1, -0.05) is 26.8 Å². The Morgan fingerprint density at radius 2 is 1.96 bits per heavy atom. The van der Waals surface area contributed by atoms with Crippen molar-refractivity contribution in [2.45, 2.75) is 46.2 Å². The summed E-state index contributed by atoms with van der Waals surface area (Å²) < 4.78 is 5.75. The molecule has 2 aromatic heterocycles. The highest BCUT2D eigenvalue weighted by Gasteiger charge is 2.19. The third-order valence-electron chi connectivity index (χ3n) is 3.31. The molecule has 0 bridgehead atoms. The molecular formula is C17H25N5O. The largest absolute Gasteiger partial charge is 0.443 e. The molecule has 0 amide bonds. The van der Waals surface area contributed by atoms with Gasteiger partial charge in [-0.3, -0.25) is 9.98 Å². The van der Waals surface area contributed by atoms with Crippen molar-refractivity contribution in [2.24, 2.45) is 4.99 Å². The molecule has 6 heteroatoms. The Balaban J connectivity index is 1.87. The standard InChI is InChI=1S/C17H25N5O/c1-12-7-6-8-13(22-12)9-20-16(18-5)21-11-15-19-10-14(23-15)17(2,3)4/h6-8,10H,9,11H2,1-5H3,(H2,18,20,21). The molecule has 0 fully saturated rings. The molecule has 23 heavy (non-hydrogen) atoms. The Morgan fingerprint density at radius 1 is 1.22 bits per heavy atom. The first-order valence-electron chi connectivity index (χ1n) is 7.70. The van der Waals surface area contributed by atoms with Crippen molar-refractivity contribution in [2.75, 3.05) is 7.05 Å². The van der Waals surface area contributed by atoms with E-state index in [0.717, 1.165) is 17.1 Å². The predicted octanol–water partition coefficient (Wildman–Crippen LogP) is 2.54. The van der Waals surface area contributed by atoms with Gasteiger partial charge in [-0.15, -0.1) is 0 Å². The molecule has 2 rings (SSSR count). The van der Waals surface area contributed by atoms with Gasteiger partial charge in [-0.25, -0.2) is 4.98 Å². The predicted molar refractivity (Wildman–Crippen MR) is 91.2 cm³/mol. The van der Waals surface area contributed by atoms with Crippen LogP contribution in [-0.2, 0) is 18.5 Å². The van der Waals surface area contributed by atoms with Gasteiger partial charge in [0.25, 0.3) is 0 Å². The summed E-state index contributed by atoms with van der Waals surface area (Å²) in [6.07, 6.45) is 1.78. The number of hydrogen-bond donors (Lipinski definition) is 2. The zero-order valence-corrected chi connectivity index (χ0v) is 14.5. The van der Waals surface area contributed by atoms with E-state index >= 15 is 0 Å². The monoisotopic (exact) mass is 315 g/mol. The van der Waals surface area contributed by atoms with Crippen LogP contribution in [0.5, 0.6) is 0 Å². The Labute approximate surface area is 137 Å². The second-order valence-electron chi connectivity index (χ2n) is 6.42. The molecule has 0 aliphatic heterocycles. The van der Waals surface area contributed by atoms with E-state index in [0.29, 0.717) is 24.9 Å². The Hall–Kier alpha value is -2.37. The van der Waals surface area contributed by atoms with Crippen LogP contribution in [0.1, 0.15) is 43.8 Å². The zero-order chi connectivity index (χ0) is 16.9. The highest BCUT2D eigenvalue weighted by Crippen LogP contribution is 2.22. The van der Waals surface area contributed by atoms with Gasteiger partial charge in [-0.05, 0) is 19.1 Å². The molecule has 124 valence electrons. The Morgan fingerprint density at radius 3 is 2.57 bits per heavy atom. The summed E-state index contributed by atoms with van der Waals surface area (Å²) >= 11 is 0. The van der Waals surface area contributed by atoms with Crippen LogP contribution in [0.15, 0.2) is 33.8 Å². The fourth-order valence-electron chi connectivity index (χ4n) is 1.99. The lowest BCUT2D eigenvalue weighted by Gasteiger charge is -2.13. The summed E-state index contributed by atoms with van der Waals surface area (Å²) in [5, 5.41) is 6.42. The lowest BCUT2D eigenvalue weighted by molar-refractivity contribution is 0.379. The van der Waals surface area contributed by atoms with E-state index in [4.69, 9.17) is 4.42 Å². The summed E-state index contributed by atoms with van der Waals surface area (Å²) in [6.45, 7) is 9.36. The number of aliphatic imine (C=N–C) groups is 1. The molecule has 2 N–H and O–H groups in total. The van der Waals surface area contributed by atoms with Crippen LogP contribution in [0, 0.1) is 6.92 Å². The highest BCUT2D eigenvalue weighted by molar-refractivity contribution is 5.79. The van der Waals surface area contributed by atoms with E-state index in [1.54, 1.807) is 13.2 Å². The molecule has 6 nitrogen and oxygen atoms in total. The van der Waals surface area contributed by atoms with Gasteiger partial charge in [0, 0.05) is 18.2 Å². The van der Waals surface area contributed by atoms with E-state index in [1.807, 2.05) is 25.1 Å². The van der Waals surface area contributed by atoms with E-state index in [2.05, 4.69) is 46.4 Å². The topological polar surface area (TPSA) is 75.3 Å². The second-order valence-corrected chi connectivity index (χ2v) is 6.42. The first-order chi connectivity index (χ1) is 10.9. The number of oxazole rings is 1. The number of nitrogens with zero attached hydrogens (tertiary/aromatic N) is 3. The number of pyridine rings is 1. The maximum atomic E-state index is 5.75. The van der Waals surface area contributed by atoms with E-state index in [1.165, 1.54) is 0 Å². The minimum absolute atomic E-state index is 0.0397. The molecule has 0 aliphatic rings. The third kappa shape index (κ3) is 5.09. The quantitative estimate of drug-likeness (QED) is 0.670. The molecule has 0 saturated carbocycles. The molecule has 2 aromatic rings. The number of guanidine groups is 1. The first-order valence-corrected chi connectivity index (χ1v) is 7.70. The molecular weight excluding hydrogens is 290 g/mol. The summed E-state index contributed by atoms with van der Waals surface area (Å²) in [5.74, 6) is 2.21. The van der Waals surface area contributed by atoms with E-state index in [-0.39, 0.29) is 5.41 Å². The third-order valence-corrected chi connectivity index (χ3v) is 3.31. The van der Waals surface area contributed by atoms with Crippen LogP contribution in [0.4, 0.5) is 0 Å². The van der Waals surface area contributed by atoms with E-state index < -0.39 is 0 Å². The van der Waals surface area contributed by atoms with Crippen molar-refractivity contribution >= 4 is 5.96 Å². The van der Waals surface area contributed by atoms with Gasteiger partial charge in [0.05, 0.1) is 25.0 Å². The van der Waals surface area contributed by atoms with Gasteiger partial charge >= 0.3 is 0 Å². The van der Waals surface area contributed by atoms with Crippen LogP contribution >= 0.6 is 0 Å². The molecule has 0 saturated heterocycles. The normalized spacial score (nSPS) is 12.3. The maximum Gasteiger partial charge on any atom is 0.213 e. The lowest BCUT2D eigenvalue weighted by atomic mass is 9.94. The summed E-state index contributed by atoms with van der Waals surface area (Å²) in [5.41, 5.74) is 1.93. The second kappa shape index (κ2) is 7.26. The summed E-state index contributed by atoms with van der Waals surface area (Å²) in [6, 6.07) is 5.96. The number of nitrogens with one attached hydrogen (secondary N) is 2. The van der Waals surface area contributed by atoms with Crippen LogP contribution in [0.3, 0.4) is 0 Å². The smallest absolute Gasteiger partial charge is 0.213 e. The minimum atomic E-state index is -0.0397. The van der Waals surface area contributed by atoms with Crippen LogP contribution in [0.2, 0.25) is 0 Å². The van der Waals surface area contributed by atoms with Crippen molar-refractivity contribution < 1.29 is 4.42 Å². The molecule has 0 radical (unpaired) electrons. The lowest BCUT2D eigenvalue weighted by Crippen LogP contribution is -2.36. The van der Waals surface area contributed by atoms with Gasteiger partial charge in [0.2, 0.25) is 5.89 Å². The molecule has 0 aromatic carbocycles. The zero-order valence-electron chi connectivity index (χ0n) is 14.5. The molecule has 0 aliphatic carbocycles. The number of hydrogen-bond acceptors (Lipinski definition) is 4. The number of aryl methyl sites for hydroxylation is 1. The van der Waals surface area contributed by atoms with Crippen molar-refractivity contribution in [1.29, 1.82) is 0 Å². The fraction of sp³-hybridized carbons (Fsp3) is 0.471. The van der Waals surface area contributed by atoms with Gasteiger partial charge in [0.1, 0.15) is 5.76 Å². The fourth-order valence-corrected chi connectivity index (χ4v) is 1.99. The molecule has 0 atom stereocenters. The van der Waals surface area contributed by atoms with Crippen LogP contribution in [-0.4, -0.2) is 23.0 Å². The Kier molecular flexibility index (Phi) is 5.36. The average Bonchev–Trinajstić information content (AvgIpc) is 2.96. The average molecular weight is 315 g/mol. The van der Waals surface area contributed by atoms with Gasteiger partial charge < -0.3 is 15.1 Å². The summed E-state index contributed by atoms with van der Waals surface area (Å²) in [4.78, 5) is 12.9. The van der Waals surface area contributed by atoms with Crippen molar-refractivity contribution in [3.63, 3.8) is 0 Å². The molecule has 0 spiro atoms. The van der Waals surface area contributed by atoms with Crippen molar-refractivity contribution in [3.05, 3.63) is 47.4 Å². The SMILES string of the molecule is CN=C(NCc1cccc(C)n1)NCc1ncc(C(C)(C)C)o1. The van der Waals surface area contributed by atoms with E-state index in [9.17, 15) is 0 Å². The molecule has 2 heterocycles. The minimum Gasteiger partial charge on any atom is -0.443 e. The van der Waals surface area contributed by atoms with Gasteiger partial charge in [-0.2, -0.15) is 0 Å². The van der Waals surface area contributed by atoms with Crippen molar-refractivity contribution in [3.8, 4) is 0 Å². The molecule has 0 unspecified atom stereocenters. The number of rotatable bonds is 4. The first kappa shape index (κ1) is 17.0.